The van der Waals surface area contributed by atoms with E-state index in [2.05, 4.69) is 21.3 Å². The normalized spacial score (nSPS) is 13.7. The summed E-state index contributed by atoms with van der Waals surface area (Å²) in [5, 5.41) is 34.0. The van der Waals surface area contributed by atoms with Crippen molar-refractivity contribution in [2.75, 3.05) is 13.1 Å². The number of carboxylic acid groups (broad SMARTS) is 1. The molecule has 0 spiro atoms. The molecule has 0 aliphatic rings. The molecular formula is C67H87N9O13. The lowest BCUT2D eigenvalue weighted by atomic mass is 9.77. The highest BCUT2D eigenvalue weighted by Gasteiger charge is 2.44. The van der Waals surface area contributed by atoms with Crippen LogP contribution in [0.15, 0.2) is 140 Å². The van der Waals surface area contributed by atoms with Crippen LogP contribution in [0.2, 0.25) is 0 Å². The number of benzene rings is 5. The fourth-order valence-corrected chi connectivity index (χ4v) is 9.98. The lowest BCUT2D eigenvalue weighted by molar-refractivity contribution is -0.385. The van der Waals surface area contributed by atoms with E-state index in [1.54, 1.807) is 127 Å². The minimum atomic E-state index is -2.01. The molecule has 0 aliphatic heterocycles. The fourth-order valence-electron chi connectivity index (χ4n) is 9.98. The van der Waals surface area contributed by atoms with Gasteiger partial charge in [-0.15, -0.1) is 0 Å². The maximum Gasteiger partial charge on any atom is 0.417 e. The van der Waals surface area contributed by atoms with Crippen LogP contribution in [-0.4, -0.2) is 122 Å². The minimum Gasteiger partial charge on any atom is -0.488 e. The van der Waals surface area contributed by atoms with Crippen molar-refractivity contribution in [1.82, 2.24) is 31.1 Å². The Labute approximate surface area is 521 Å². The van der Waals surface area contributed by atoms with Crippen LogP contribution < -0.4 is 37.5 Å². The lowest BCUT2D eigenvalue weighted by Crippen LogP contribution is -2.61. The number of ether oxygens (including phenoxy) is 2. The zero-order valence-electron chi connectivity index (χ0n) is 52.5. The Balaban J connectivity index is 1.72. The van der Waals surface area contributed by atoms with E-state index in [9.17, 15) is 39.2 Å². The molecule has 89 heavy (non-hydrogen) atoms. The predicted molar refractivity (Wildman–Crippen MR) is 336 cm³/mol. The summed E-state index contributed by atoms with van der Waals surface area (Å²) in [5.41, 5.74) is 10.9. The van der Waals surface area contributed by atoms with Crippen molar-refractivity contribution in [2.24, 2.45) is 23.3 Å². The molecule has 5 aromatic carbocycles. The molecule has 0 aliphatic carbocycles. The molecule has 0 bridgehead atoms. The van der Waals surface area contributed by atoms with Crippen LogP contribution in [0, 0.1) is 22.0 Å². The summed E-state index contributed by atoms with van der Waals surface area (Å²) in [6.07, 6.45) is -1.74. The average molecular weight is 1230 g/mol. The zero-order chi connectivity index (χ0) is 65.8. The number of carboxylic acids is 1. The highest BCUT2D eigenvalue weighted by atomic mass is 16.6. The number of unbranched alkanes of at least 4 members (excludes halogenated alkanes) is 1. The first-order valence-corrected chi connectivity index (χ1v) is 29.9. The van der Waals surface area contributed by atoms with E-state index in [1.807, 2.05) is 57.2 Å². The van der Waals surface area contributed by atoms with Crippen molar-refractivity contribution >= 4 is 53.2 Å². The number of nitro groups is 1. The number of rotatable bonds is 30. The predicted octanol–water partition coefficient (Wildman–Crippen LogP) is 7.67. The van der Waals surface area contributed by atoms with Gasteiger partial charge < -0.3 is 52.2 Å². The van der Waals surface area contributed by atoms with Gasteiger partial charge in [-0.25, -0.2) is 14.5 Å². The van der Waals surface area contributed by atoms with Gasteiger partial charge in [0.15, 0.2) is 0 Å². The van der Waals surface area contributed by atoms with Crippen LogP contribution in [0.1, 0.15) is 129 Å². The Morgan fingerprint density at radius 3 is 1.69 bits per heavy atom. The average Bonchev–Trinajstić information content (AvgIpc) is 0.833. The standard InChI is InChI=1S/C67H87N9O13/c1-11-44(4)58(63(83)84)72-59(79)51(39-45-34-36-50(37-35-45)88-65(5,6)7)70-56(78)42-74(41-46-25-21-22-32-53(46)76(86)87)61(81)52(71-60(80)54(33-23-24-38-68)75(62(82)57(69)43(2)3)64(85)89-66(8,9)10)40-55(77)73-67(47-26-15-12-16-27-47,48-28-17-13-18-29-48)49-30-19-14-20-31-49/h12-22,25-32,34-37,43-44,51-52,54,57-58H,11,23-24,33,38-42,68-69H2,1-10H3,(H,70,78)(H,71,80)(H,72,79)(H,73,77)(H,83,84)/t44-,51-,52-,54-,57-,58-/m0/s1. The SMILES string of the molecule is CC[C@H](C)[C@H](NC(=O)[C@H](Cc1ccc(OC(C)(C)C)cc1)NC(=O)CN(Cc1ccccc1[N+](=O)[O-])C(=O)[C@H](CC(=O)NC(c1ccccc1)(c1ccccc1)c1ccccc1)NC(=O)[C@H](CCCCN)N(C(=O)OC(C)(C)C)C(=O)[C@@H](N)C(C)C)C(=O)O. The number of aliphatic carboxylic acids is 1. The van der Waals surface area contributed by atoms with Gasteiger partial charge in [0.25, 0.3) is 5.69 Å². The van der Waals surface area contributed by atoms with Gasteiger partial charge in [-0.3, -0.25) is 38.9 Å². The third-order valence-electron chi connectivity index (χ3n) is 14.7. The van der Waals surface area contributed by atoms with E-state index in [0.717, 1.165) is 4.90 Å². The Hall–Kier alpha value is -9.02. The third kappa shape index (κ3) is 20.3. The molecule has 7 amide bonds. The van der Waals surface area contributed by atoms with Gasteiger partial charge >= 0.3 is 12.1 Å². The molecule has 22 heteroatoms. The maximum absolute atomic E-state index is 16.0. The van der Waals surface area contributed by atoms with Crippen molar-refractivity contribution in [1.29, 1.82) is 0 Å². The number of nitrogens with one attached hydrogen (secondary N) is 4. The van der Waals surface area contributed by atoms with E-state index < -0.39 is 136 Å². The molecule has 0 aromatic heterocycles. The fraction of sp³-hybridized carbons (Fsp3) is 0.433. The summed E-state index contributed by atoms with van der Waals surface area (Å²) in [5.74, 6) is -7.94. The highest BCUT2D eigenvalue weighted by Crippen LogP contribution is 2.37. The van der Waals surface area contributed by atoms with Crippen molar-refractivity contribution in [3.05, 3.63) is 177 Å². The second-order valence-electron chi connectivity index (χ2n) is 24.4. The highest BCUT2D eigenvalue weighted by molar-refractivity contribution is 6.02. The molecule has 0 saturated heterocycles. The summed E-state index contributed by atoms with van der Waals surface area (Å²) in [6, 6.07) is 31.1. The van der Waals surface area contributed by atoms with Crippen LogP contribution in [0.5, 0.6) is 5.75 Å². The minimum absolute atomic E-state index is 0.0850. The number of nitro benzene ring substituents is 1. The number of imide groups is 1. The number of hydrogen-bond acceptors (Lipinski definition) is 14. The third-order valence-corrected chi connectivity index (χ3v) is 14.7. The van der Waals surface area contributed by atoms with Crippen molar-refractivity contribution < 1.29 is 57.9 Å². The smallest absolute Gasteiger partial charge is 0.417 e. The van der Waals surface area contributed by atoms with Gasteiger partial charge in [0, 0.05) is 18.1 Å². The topological polar surface area (TPSA) is 325 Å². The van der Waals surface area contributed by atoms with Crippen molar-refractivity contribution in [3.63, 3.8) is 0 Å². The molecule has 0 saturated carbocycles. The molecule has 6 atom stereocenters. The molecule has 0 unspecified atom stereocenters. The summed E-state index contributed by atoms with van der Waals surface area (Å²) < 4.78 is 11.7. The number of para-hydroxylation sites is 1. The number of hydrogen-bond donors (Lipinski definition) is 7. The molecule has 0 radical (unpaired) electrons. The maximum atomic E-state index is 16.0. The number of carbonyl (C=O) groups is 8. The quantitative estimate of drug-likeness (QED) is 0.0100. The second-order valence-corrected chi connectivity index (χ2v) is 24.4. The molecule has 478 valence electrons. The summed E-state index contributed by atoms with van der Waals surface area (Å²) in [6.45, 7) is 15.4. The monoisotopic (exact) mass is 1230 g/mol. The van der Waals surface area contributed by atoms with Crippen LogP contribution in [0.4, 0.5) is 10.5 Å². The summed E-state index contributed by atoms with van der Waals surface area (Å²) in [7, 11) is 0. The van der Waals surface area contributed by atoms with Gasteiger partial charge in [0.2, 0.25) is 35.4 Å². The Morgan fingerprint density at radius 1 is 0.663 bits per heavy atom. The van der Waals surface area contributed by atoms with Crippen molar-refractivity contribution in [2.45, 2.75) is 161 Å². The van der Waals surface area contributed by atoms with E-state index in [4.69, 9.17) is 20.9 Å². The lowest BCUT2D eigenvalue weighted by Gasteiger charge is -2.38. The van der Waals surface area contributed by atoms with Crippen LogP contribution in [0.25, 0.3) is 0 Å². The largest absolute Gasteiger partial charge is 0.488 e. The molecule has 0 heterocycles. The molecule has 5 aromatic rings. The molecule has 5 rings (SSSR count). The van der Waals surface area contributed by atoms with Crippen LogP contribution >= 0.6 is 0 Å². The second kappa shape index (κ2) is 32.3. The van der Waals surface area contributed by atoms with Gasteiger partial charge in [-0.1, -0.05) is 155 Å². The van der Waals surface area contributed by atoms with Gasteiger partial charge in [0.05, 0.1) is 30.5 Å². The van der Waals surface area contributed by atoms with E-state index in [1.165, 1.54) is 24.3 Å². The van der Waals surface area contributed by atoms with E-state index in [-0.39, 0.29) is 31.4 Å². The van der Waals surface area contributed by atoms with E-state index >= 15 is 14.4 Å². The number of amides is 7. The van der Waals surface area contributed by atoms with Gasteiger partial charge in [-0.05, 0) is 114 Å². The Kier molecular flexibility index (Phi) is 25.7. The number of nitrogens with zero attached hydrogens (tertiary/aromatic N) is 3. The van der Waals surface area contributed by atoms with Crippen LogP contribution in [0.3, 0.4) is 0 Å². The van der Waals surface area contributed by atoms with Gasteiger partial charge in [-0.2, -0.15) is 0 Å². The summed E-state index contributed by atoms with van der Waals surface area (Å²) in [4.78, 5) is 131. The summed E-state index contributed by atoms with van der Waals surface area (Å²) >= 11 is 0. The molecule has 9 N–H and O–H groups in total. The van der Waals surface area contributed by atoms with Crippen LogP contribution in [-0.2, 0) is 56.8 Å². The Bertz CT molecular complexity index is 3110. The van der Waals surface area contributed by atoms with E-state index in [0.29, 0.717) is 45.7 Å². The first-order chi connectivity index (χ1) is 42.0. The molecular weight excluding hydrogens is 1140 g/mol. The number of nitrogens with two attached hydrogens (primary N) is 2. The zero-order valence-corrected chi connectivity index (χ0v) is 52.5. The first kappa shape index (κ1) is 70.7. The Morgan fingerprint density at radius 2 is 1.20 bits per heavy atom. The molecule has 22 nitrogen and oxygen atoms in total. The number of carbonyl (C=O) groups excluding carboxylic acids is 7. The van der Waals surface area contributed by atoms with Gasteiger partial charge in [0.1, 0.15) is 46.7 Å². The van der Waals surface area contributed by atoms with Crippen molar-refractivity contribution in [3.8, 4) is 5.75 Å². The first-order valence-electron chi connectivity index (χ1n) is 29.9. The molecule has 0 fully saturated rings.